The third-order valence-electron chi connectivity index (χ3n) is 2.49. The molecule has 0 aliphatic rings. The van der Waals surface area contributed by atoms with E-state index in [1.54, 1.807) is 4.52 Å². The van der Waals surface area contributed by atoms with Crippen molar-refractivity contribution in [1.29, 1.82) is 0 Å². The second kappa shape index (κ2) is 5.19. The minimum absolute atomic E-state index is 0.223. The second-order valence-electron chi connectivity index (χ2n) is 3.74. The van der Waals surface area contributed by atoms with E-state index < -0.39 is 0 Å². The summed E-state index contributed by atoms with van der Waals surface area (Å²) in [6, 6.07) is 4.07. The summed E-state index contributed by atoms with van der Waals surface area (Å²) in [5.41, 5.74) is 0.811. The fourth-order valence-electron chi connectivity index (χ4n) is 1.54. The summed E-state index contributed by atoms with van der Waals surface area (Å²) in [6.45, 7) is 2.08. The second-order valence-corrected chi connectivity index (χ2v) is 4.66. The van der Waals surface area contributed by atoms with Crippen molar-refractivity contribution < 1.29 is 0 Å². The maximum atomic E-state index is 5.31. The van der Waals surface area contributed by atoms with Crippen molar-refractivity contribution >= 4 is 27.5 Å². The van der Waals surface area contributed by atoms with Gasteiger partial charge in [0.05, 0.1) is 0 Å². The number of terminal acetylenes is 1. The number of pyridine rings is 1. The molecule has 0 amide bonds. The number of rotatable bonds is 4. The Labute approximate surface area is 109 Å². The predicted octanol–water partition coefficient (Wildman–Crippen LogP) is 2.71. The van der Waals surface area contributed by atoms with E-state index in [1.807, 2.05) is 18.3 Å². The SMILES string of the molecule is C#CCC(CC)Nc1nc2ccc(Br)cn2n1. The van der Waals surface area contributed by atoms with Crippen LogP contribution in [0.2, 0.25) is 0 Å². The van der Waals surface area contributed by atoms with Gasteiger partial charge >= 0.3 is 0 Å². The fourth-order valence-corrected chi connectivity index (χ4v) is 1.87. The van der Waals surface area contributed by atoms with Crippen LogP contribution in [0.5, 0.6) is 0 Å². The van der Waals surface area contributed by atoms with Crippen LogP contribution in [0.25, 0.3) is 5.65 Å². The van der Waals surface area contributed by atoms with Gasteiger partial charge in [-0.1, -0.05) is 6.92 Å². The first-order valence-electron chi connectivity index (χ1n) is 5.45. The van der Waals surface area contributed by atoms with Crippen LogP contribution in [0.3, 0.4) is 0 Å². The van der Waals surface area contributed by atoms with Crippen molar-refractivity contribution in [3.8, 4) is 12.3 Å². The summed E-state index contributed by atoms with van der Waals surface area (Å²) in [5, 5.41) is 7.58. The molecule has 0 bridgehead atoms. The van der Waals surface area contributed by atoms with E-state index in [2.05, 4.69) is 44.2 Å². The summed E-state index contributed by atoms with van der Waals surface area (Å²) in [4.78, 5) is 4.38. The lowest BCUT2D eigenvalue weighted by atomic mass is 10.2. The molecule has 0 saturated carbocycles. The lowest BCUT2D eigenvalue weighted by Gasteiger charge is -2.11. The Morgan fingerprint density at radius 2 is 2.41 bits per heavy atom. The van der Waals surface area contributed by atoms with E-state index >= 15 is 0 Å². The highest BCUT2D eigenvalue weighted by Gasteiger charge is 2.08. The Kier molecular flexibility index (Phi) is 3.64. The molecule has 0 fully saturated rings. The predicted molar refractivity (Wildman–Crippen MR) is 71.8 cm³/mol. The molecule has 0 saturated heterocycles. The molecule has 17 heavy (non-hydrogen) atoms. The molecule has 2 aromatic rings. The van der Waals surface area contributed by atoms with Crippen molar-refractivity contribution in [3.63, 3.8) is 0 Å². The lowest BCUT2D eigenvalue weighted by molar-refractivity contribution is 0.706. The lowest BCUT2D eigenvalue weighted by Crippen LogP contribution is -2.18. The average Bonchev–Trinajstić information content (AvgIpc) is 2.69. The van der Waals surface area contributed by atoms with E-state index in [4.69, 9.17) is 6.42 Å². The molecule has 0 spiro atoms. The van der Waals surface area contributed by atoms with E-state index in [9.17, 15) is 0 Å². The Morgan fingerprint density at radius 1 is 1.59 bits per heavy atom. The van der Waals surface area contributed by atoms with Crippen LogP contribution in [0, 0.1) is 12.3 Å². The molecule has 0 aliphatic heterocycles. The average molecular weight is 293 g/mol. The van der Waals surface area contributed by atoms with Crippen molar-refractivity contribution in [2.45, 2.75) is 25.8 Å². The number of hydrogen-bond acceptors (Lipinski definition) is 3. The normalized spacial score (nSPS) is 12.3. The Bertz CT molecular complexity index is 555. The van der Waals surface area contributed by atoms with Gasteiger partial charge in [-0.3, -0.25) is 0 Å². The molecule has 88 valence electrons. The van der Waals surface area contributed by atoms with Gasteiger partial charge in [-0.05, 0) is 34.5 Å². The molecule has 5 heteroatoms. The summed E-state index contributed by atoms with van der Waals surface area (Å²) in [5.74, 6) is 3.27. The third-order valence-corrected chi connectivity index (χ3v) is 2.95. The molecule has 0 radical (unpaired) electrons. The Morgan fingerprint density at radius 3 is 3.12 bits per heavy atom. The highest BCUT2D eigenvalue weighted by molar-refractivity contribution is 9.10. The van der Waals surface area contributed by atoms with Gasteiger partial charge in [0.15, 0.2) is 5.65 Å². The molecular weight excluding hydrogens is 280 g/mol. The highest BCUT2D eigenvalue weighted by atomic mass is 79.9. The molecule has 2 heterocycles. The van der Waals surface area contributed by atoms with Crippen LogP contribution in [0.1, 0.15) is 19.8 Å². The molecule has 0 aromatic carbocycles. The van der Waals surface area contributed by atoms with Crippen molar-refractivity contribution in [2.24, 2.45) is 0 Å². The largest absolute Gasteiger partial charge is 0.349 e. The molecular formula is C12H13BrN4. The van der Waals surface area contributed by atoms with E-state index in [0.29, 0.717) is 12.4 Å². The van der Waals surface area contributed by atoms with Gasteiger partial charge < -0.3 is 5.32 Å². The van der Waals surface area contributed by atoms with Gasteiger partial charge in [-0.25, -0.2) is 4.52 Å². The van der Waals surface area contributed by atoms with Gasteiger partial charge in [0.1, 0.15) is 0 Å². The van der Waals surface area contributed by atoms with Crippen molar-refractivity contribution in [1.82, 2.24) is 14.6 Å². The van der Waals surface area contributed by atoms with Gasteiger partial charge in [0.25, 0.3) is 0 Å². The number of nitrogens with one attached hydrogen (secondary N) is 1. The van der Waals surface area contributed by atoms with Crippen LogP contribution in [-0.4, -0.2) is 20.6 Å². The molecule has 2 rings (SSSR count). The van der Waals surface area contributed by atoms with E-state index in [1.165, 1.54) is 0 Å². The number of nitrogens with zero attached hydrogens (tertiary/aromatic N) is 3. The molecule has 1 N–H and O–H groups in total. The standard InChI is InChI=1S/C12H13BrN4/c1-3-5-10(4-2)14-12-15-11-7-6-9(13)8-17(11)16-12/h1,6-8,10H,4-5H2,2H3,(H,14,16). The fraction of sp³-hybridized carbons (Fsp3) is 0.333. The number of hydrogen-bond donors (Lipinski definition) is 1. The first kappa shape index (κ1) is 11.9. The molecule has 0 aliphatic carbocycles. The topological polar surface area (TPSA) is 42.2 Å². The third kappa shape index (κ3) is 2.77. The maximum absolute atomic E-state index is 5.31. The van der Waals surface area contributed by atoms with Gasteiger partial charge in [0.2, 0.25) is 5.95 Å². The Balaban J connectivity index is 2.22. The van der Waals surface area contributed by atoms with Gasteiger partial charge in [-0.2, -0.15) is 4.98 Å². The maximum Gasteiger partial charge on any atom is 0.243 e. The van der Waals surface area contributed by atoms with Crippen molar-refractivity contribution in [3.05, 3.63) is 22.8 Å². The number of aromatic nitrogens is 3. The summed E-state index contributed by atoms with van der Waals surface area (Å²) >= 11 is 3.40. The number of fused-ring (bicyclic) bond motifs is 1. The van der Waals surface area contributed by atoms with Gasteiger partial charge in [0, 0.05) is 23.1 Å². The van der Waals surface area contributed by atoms with Crippen LogP contribution in [0.15, 0.2) is 22.8 Å². The molecule has 4 nitrogen and oxygen atoms in total. The number of halogens is 1. The summed E-state index contributed by atoms with van der Waals surface area (Å²) < 4.78 is 2.70. The van der Waals surface area contributed by atoms with Crippen LogP contribution in [0.4, 0.5) is 5.95 Å². The molecule has 1 atom stereocenters. The van der Waals surface area contributed by atoms with Crippen molar-refractivity contribution in [2.75, 3.05) is 5.32 Å². The monoisotopic (exact) mass is 292 g/mol. The Hall–Kier alpha value is -1.54. The summed E-state index contributed by atoms with van der Waals surface area (Å²) in [6.07, 6.45) is 8.81. The highest BCUT2D eigenvalue weighted by Crippen LogP contribution is 2.13. The van der Waals surface area contributed by atoms with Crippen LogP contribution < -0.4 is 5.32 Å². The van der Waals surface area contributed by atoms with Crippen LogP contribution >= 0.6 is 15.9 Å². The zero-order valence-electron chi connectivity index (χ0n) is 9.52. The molecule has 1 unspecified atom stereocenters. The minimum atomic E-state index is 0.223. The first-order chi connectivity index (χ1) is 8.22. The smallest absolute Gasteiger partial charge is 0.243 e. The van der Waals surface area contributed by atoms with E-state index in [-0.39, 0.29) is 6.04 Å². The van der Waals surface area contributed by atoms with Gasteiger partial charge in [-0.15, -0.1) is 17.4 Å². The quantitative estimate of drug-likeness (QED) is 0.881. The first-order valence-corrected chi connectivity index (χ1v) is 6.24. The summed E-state index contributed by atoms with van der Waals surface area (Å²) in [7, 11) is 0. The van der Waals surface area contributed by atoms with Crippen LogP contribution in [-0.2, 0) is 0 Å². The molecule has 2 aromatic heterocycles. The zero-order valence-corrected chi connectivity index (χ0v) is 11.1. The minimum Gasteiger partial charge on any atom is -0.349 e. The zero-order chi connectivity index (χ0) is 12.3. The van der Waals surface area contributed by atoms with E-state index in [0.717, 1.165) is 16.5 Å². The number of anilines is 1.